The lowest BCUT2D eigenvalue weighted by Crippen LogP contribution is -2.62. The number of carbonyl (C=O) groups is 1. The highest BCUT2D eigenvalue weighted by Crippen LogP contribution is 2.31. The third-order valence-electron chi connectivity index (χ3n) is 4.71. The van der Waals surface area contributed by atoms with Gasteiger partial charge in [0, 0.05) is 0 Å². The number of ether oxygens (including phenoxy) is 6. The largest absolute Gasteiger partial charge is 0.497 e. The Kier molecular flexibility index (Phi) is 9.71. The summed E-state index contributed by atoms with van der Waals surface area (Å²) in [5.74, 6) is 0.656. The highest BCUT2D eigenvalue weighted by atomic mass is 16.7. The number of carbonyl (C=O) groups excluding carboxylic acids is 1. The normalized spacial score (nSPS) is 25.6. The molecule has 0 radical (unpaired) electrons. The first-order valence-corrected chi connectivity index (χ1v) is 10.5. The van der Waals surface area contributed by atoms with Crippen molar-refractivity contribution in [3.63, 3.8) is 0 Å². The predicted octanol–water partition coefficient (Wildman–Crippen LogP) is 2.89. The fraction of sp³-hybridized carbons (Fsp3) is 0.542. The molecule has 1 saturated heterocycles. The molecule has 5 atom stereocenters. The quantitative estimate of drug-likeness (QED) is 0.313. The molecule has 178 valence electrons. The van der Waals surface area contributed by atoms with E-state index >= 15 is 0 Å². The maximum Gasteiger partial charge on any atom is 0.311 e. The second-order valence-electron chi connectivity index (χ2n) is 8.36. The van der Waals surface area contributed by atoms with Gasteiger partial charge in [0.05, 0.1) is 32.3 Å². The Morgan fingerprint density at radius 1 is 1.09 bits per heavy atom. The summed E-state index contributed by atoms with van der Waals surface area (Å²) < 4.78 is 34.2. The zero-order valence-electron chi connectivity index (χ0n) is 19.2. The molecule has 0 saturated carbocycles. The molecule has 32 heavy (non-hydrogen) atoms. The van der Waals surface area contributed by atoms with E-state index in [0.717, 1.165) is 0 Å². The smallest absolute Gasteiger partial charge is 0.311 e. The molecular formula is C24H34O8. The van der Waals surface area contributed by atoms with E-state index in [9.17, 15) is 9.90 Å². The second-order valence-corrected chi connectivity index (χ2v) is 8.36. The van der Waals surface area contributed by atoms with E-state index in [1.165, 1.54) is 0 Å². The summed E-state index contributed by atoms with van der Waals surface area (Å²) >= 11 is 0. The Balaban J connectivity index is 2.33. The van der Waals surface area contributed by atoms with Crippen LogP contribution in [0, 0.1) is 5.41 Å². The maximum absolute atomic E-state index is 12.7. The molecule has 8 nitrogen and oxygen atoms in total. The average Bonchev–Trinajstić information content (AvgIpc) is 2.76. The molecule has 0 aliphatic carbocycles. The molecule has 1 aliphatic heterocycles. The fourth-order valence-corrected chi connectivity index (χ4v) is 2.98. The van der Waals surface area contributed by atoms with Crippen molar-refractivity contribution in [2.75, 3.05) is 26.9 Å². The summed E-state index contributed by atoms with van der Waals surface area (Å²) in [7, 11) is 1.57. The number of esters is 1. The van der Waals surface area contributed by atoms with Crippen LogP contribution in [0.15, 0.2) is 49.6 Å². The third-order valence-corrected chi connectivity index (χ3v) is 4.71. The summed E-state index contributed by atoms with van der Waals surface area (Å²) in [5, 5.41) is 10.9. The minimum Gasteiger partial charge on any atom is -0.497 e. The molecule has 1 fully saturated rings. The first kappa shape index (κ1) is 25.9. The number of aliphatic hydroxyl groups excluding tert-OH is 1. The highest BCUT2D eigenvalue weighted by molar-refractivity contribution is 5.75. The van der Waals surface area contributed by atoms with Gasteiger partial charge in [0.2, 0.25) is 6.29 Å². The molecule has 8 heteroatoms. The Bertz CT molecular complexity index is 739. The van der Waals surface area contributed by atoms with Crippen LogP contribution in [0.4, 0.5) is 0 Å². The monoisotopic (exact) mass is 450 g/mol. The highest BCUT2D eigenvalue weighted by Gasteiger charge is 2.50. The van der Waals surface area contributed by atoms with Crippen molar-refractivity contribution in [2.24, 2.45) is 5.41 Å². The second kappa shape index (κ2) is 12.0. The Hall–Kier alpha value is -2.39. The van der Waals surface area contributed by atoms with Crippen molar-refractivity contribution in [2.45, 2.75) is 51.5 Å². The Labute approximate surface area is 189 Å². The molecule has 0 bridgehead atoms. The van der Waals surface area contributed by atoms with Crippen LogP contribution in [0.1, 0.15) is 20.8 Å². The number of benzene rings is 1. The molecule has 0 spiro atoms. The average molecular weight is 451 g/mol. The molecular weight excluding hydrogens is 416 g/mol. The zero-order chi connectivity index (χ0) is 23.7. The van der Waals surface area contributed by atoms with E-state index in [1.54, 1.807) is 64.3 Å². The lowest BCUT2D eigenvalue weighted by atomic mass is 9.95. The van der Waals surface area contributed by atoms with Crippen molar-refractivity contribution >= 4 is 5.97 Å². The van der Waals surface area contributed by atoms with Crippen LogP contribution in [0.25, 0.3) is 0 Å². The minimum absolute atomic E-state index is 0.0730. The van der Waals surface area contributed by atoms with Crippen molar-refractivity contribution in [3.05, 3.63) is 49.6 Å². The number of methoxy groups -OCH3 is 1. The van der Waals surface area contributed by atoms with Gasteiger partial charge in [-0.05, 0) is 45.0 Å². The van der Waals surface area contributed by atoms with Gasteiger partial charge in [0.25, 0.3) is 0 Å². The van der Waals surface area contributed by atoms with E-state index in [-0.39, 0.29) is 19.8 Å². The topological polar surface area (TPSA) is 92.7 Å². The summed E-state index contributed by atoms with van der Waals surface area (Å²) in [6, 6.07) is 6.89. The van der Waals surface area contributed by atoms with E-state index in [0.29, 0.717) is 11.5 Å². The van der Waals surface area contributed by atoms with E-state index in [1.807, 2.05) is 0 Å². The maximum atomic E-state index is 12.7. The summed E-state index contributed by atoms with van der Waals surface area (Å²) in [6.45, 7) is 13.0. The first-order valence-electron chi connectivity index (χ1n) is 10.5. The number of rotatable bonds is 11. The number of aliphatic hydroxyl groups is 1. The number of hydrogen-bond donors (Lipinski definition) is 1. The SMILES string of the molecule is C=CCOC[C@H]1O[C@@H](Oc2ccc(OC)cc2)[C@H](OC(=O)C(C)(C)C)[C@@H](OCC=C)[C@H]1O. The van der Waals surface area contributed by atoms with Crippen LogP contribution in [0.5, 0.6) is 11.5 Å². The van der Waals surface area contributed by atoms with Crippen molar-refractivity contribution in [1.29, 1.82) is 0 Å². The van der Waals surface area contributed by atoms with Crippen molar-refractivity contribution in [3.8, 4) is 11.5 Å². The van der Waals surface area contributed by atoms with Crippen LogP contribution >= 0.6 is 0 Å². The molecule has 1 N–H and O–H groups in total. The van der Waals surface area contributed by atoms with Crippen LogP contribution in [0.3, 0.4) is 0 Å². The molecule has 0 unspecified atom stereocenters. The van der Waals surface area contributed by atoms with Crippen LogP contribution in [-0.4, -0.2) is 68.7 Å². The first-order chi connectivity index (χ1) is 15.2. The minimum atomic E-state index is -1.13. The summed E-state index contributed by atoms with van der Waals surface area (Å²) in [4.78, 5) is 12.7. The standard InChI is InChI=1S/C24H34O8/c1-7-13-28-15-18-19(25)20(29-14-8-2)21(32-23(26)24(3,4)5)22(31-18)30-17-11-9-16(27-6)10-12-17/h7-12,18-22,25H,1-2,13-15H2,3-6H3/t18-,19+,20+,21-,22-/m1/s1. The lowest BCUT2D eigenvalue weighted by molar-refractivity contribution is -0.291. The van der Waals surface area contributed by atoms with Crippen molar-refractivity contribution < 1.29 is 38.3 Å². The predicted molar refractivity (Wildman–Crippen MR) is 119 cm³/mol. The Morgan fingerprint density at radius 2 is 1.72 bits per heavy atom. The van der Waals surface area contributed by atoms with Gasteiger partial charge in [0.1, 0.15) is 29.8 Å². The third kappa shape index (κ3) is 7.06. The molecule has 1 aromatic rings. The fourth-order valence-electron chi connectivity index (χ4n) is 2.98. The van der Waals surface area contributed by atoms with E-state index < -0.39 is 42.1 Å². The molecule has 1 aromatic carbocycles. The molecule has 1 heterocycles. The van der Waals surface area contributed by atoms with Crippen LogP contribution in [0.2, 0.25) is 0 Å². The molecule has 2 rings (SSSR count). The van der Waals surface area contributed by atoms with Gasteiger partial charge in [-0.15, -0.1) is 13.2 Å². The Morgan fingerprint density at radius 3 is 2.28 bits per heavy atom. The van der Waals surface area contributed by atoms with Gasteiger partial charge in [-0.3, -0.25) is 4.79 Å². The van der Waals surface area contributed by atoms with Crippen molar-refractivity contribution in [1.82, 2.24) is 0 Å². The molecule has 0 aromatic heterocycles. The lowest BCUT2D eigenvalue weighted by Gasteiger charge is -2.44. The van der Waals surface area contributed by atoms with Gasteiger partial charge in [-0.1, -0.05) is 12.2 Å². The summed E-state index contributed by atoms with van der Waals surface area (Å²) in [5.41, 5.74) is -0.775. The van der Waals surface area contributed by atoms with Gasteiger partial charge in [-0.2, -0.15) is 0 Å². The van der Waals surface area contributed by atoms with Gasteiger partial charge >= 0.3 is 5.97 Å². The van der Waals surface area contributed by atoms with Crippen LogP contribution < -0.4 is 9.47 Å². The molecule has 1 aliphatic rings. The van der Waals surface area contributed by atoms with Crippen LogP contribution in [-0.2, 0) is 23.7 Å². The molecule has 0 amide bonds. The summed E-state index contributed by atoms with van der Waals surface area (Å²) in [6.07, 6.45) is -1.77. The van der Waals surface area contributed by atoms with Gasteiger partial charge in [-0.25, -0.2) is 0 Å². The van der Waals surface area contributed by atoms with Gasteiger partial charge < -0.3 is 33.5 Å². The van der Waals surface area contributed by atoms with E-state index in [4.69, 9.17) is 28.4 Å². The zero-order valence-corrected chi connectivity index (χ0v) is 19.2. The van der Waals surface area contributed by atoms with Gasteiger partial charge in [0.15, 0.2) is 6.10 Å². The van der Waals surface area contributed by atoms with E-state index in [2.05, 4.69) is 13.2 Å². The number of hydrogen-bond acceptors (Lipinski definition) is 8.